The lowest BCUT2D eigenvalue weighted by Gasteiger charge is -2.32. The molecule has 1 aromatic heterocycles. The van der Waals surface area contributed by atoms with Gasteiger partial charge in [0.05, 0.1) is 11.7 Å². The standard InChI is InChI=1S/C16H21N3O/c1-3-11-9-12(4-2)19(18-11)14-10-20-15-8-6-5-7-13(15)16(14)17/h5-9,14,16H,3-4,10,17H2,1-2H3. The van der Waals surface area contributed by atoms with Gasteiger partial charge in [0.2, 0.25) is 0 Å². The van der Waals surface area contributed by atoms with Crippen LogP contribution in [0.15, 0.2) is 30.3 Å². The molecule has 2 atom stereocenters. The molecule has 0 saturated heterocycles. The topological polar surface area (TPSA) is 53.1 Å². The summed E-state index contributed by atoms with van der Waals surface area (Å²) < 4.78 is 7.93. The van der Waals surface area contributed by atoms with Crippen LogP contribution in [0.2, 0.25) is 0 Å². The summed E-state index contributed by atoms with van der Waals surface area (Å²) in [6.07, 6.45) is 1.90. The summed E-state index contributed by atoms with van der Waals surface area (Å²) in [6, 6.07) is 10.2. The first-order valence-corrected chi connectivity index (χ1v) is 7.29. The lowest BCUT2D eigenvalue weighted by Crippen LogP contribution is -2.35. The van der Waals surface area contributed by atoms with Gasteiger partial charge in [-0.05, 0) is 25.0 Å². The first kappa shape index (κ1) is 13.2. The Morgan fingerprint density at radius 1 is 1.30 bits per heavy atom. The predicted molar refractivity (Wildman–Crippen MR) is 78.9 cm³/mol. The molecule has 0 fully saturated rings. The zero-order chi connectivity index (χ0) is 14.1. The smallest absolute Gasteiger partial charge is 0.124 e. The fourth-order valence-electron chi connectivity index (χ4n) is 2.81. The van der Waals surface area contributed by atoms with E-state index in [0.29, 0.717) is 6.61 Å². The molecule has 20 heavy (non-hydrogen) atoms. The highest BCUT2D eigenvalue weighted by Crippen LogP contribution is 2.36. The van der Waals surface area contributed by atoms with Crippen molar-refractivity contribution in [3.8, 4) is 5.75 Å². The maximum absolute atomic E-state index is 6.46. The van der Waals surface area contributed by atoms with E-state index < -0.39 is 0 Å². The van der Waals surface area contributed by atoms with E-state index in [-0.39, 0.29) is 12.1 Å². The third kappa shape index (κ3) is 2.10. The van der Waals surface area contributed by atoms with Gasteiger partial charge in [-0.15, -0.1) is 0 Å². The third-order valence-corrected chi connectivity index (χ3v) is 4.00. The Bertz CT molecular complexity index is 606. The van der Waals surface area contributed by atoms with Gasteiger partial charge in [-0.25, -0.2) is 0 Å². The lowest BCUT2D eigenvalue weighted by atomic mass is 9.97. The summed E-state index contributed by atoms with van der Waals surface area (Å²) in [5.74, 6) is 0.900. The molecule has 4 heteroatoms. The van der Waals surface area contributed by atoms with E-state index in [0.717, 1.165) is 29.8 Å². The van der Waals surface area contributed by atoms with Gasteiger partial charge in [0.1, 0.15) is 18.4 Å². The Labute approximate surface area is 119 Å². The Kier molecular flexibility index (Phi) is 3.49. The number of hydrogen-bond donors (Lipinski definition) is 1. The van der Waals surface area contributed by atoms with Crippen molar-refractivity contribution < 1.29 is 4.74 Å². The van der Waals surface area contributed by atoms with Gasteiger partial charge in [-0.3, -0.25) is 4.68 Å². The zero-order valence-corrected chi connectivity index (χ0v) is 12.0. The predicted octanol–water partition coefficient (Wildman–Crippen LogP) is 2.64. The van der Waals surface area contributed by atoms with E-state index in [1.54, 1.807) is 0 Å². The van der Waals surface area contributed by atoms with E-state index in [2.05, 4.69) is 24.6 Å². The van der Waals surface area contributed by atoms with E-state index in [1.165, 1.54) is 5.69 Å². The van der Waals surface area contributed by atoms with Crippen LogP contribution in [-0.4, -0.2) is 16.4 Å². The van der Waals surface area contributed by atoms with E-state index in [9.17, 15) is 0 Å². The minimum absolute atomic E-state index is 0.0696. The number of nitrogens with zero attached hydrogens (tertiary/aromatic N) is 2. The van der Waals surface area contributed by atoms with Crippen molar-refractivity contribution in [2.24, 2.45) is 5.73 Å². The average Bonchev–Trinajstić information content (AvgIpc) is 2.91. The fraction of sp³-hybridized carbons (Fsp3) is 0.438. The van der Waals surface area contributed by atoms with Gasteiger partial charge >= 0.3 is 0 Å². The second-order valence-electron chi connectivity index (χ2n) is 5.22. The molecule has 0 aliphatic carbocycles. The van der Waals surface area contributed by atoms with Crippen molar-refractivity contribution in [2.45, 2.75) is 38.8 Å². The molecule has 1 aromatic carbocycles. The number of hydrogen-bond acceptors (Lipinski definition) is 3. The molecule has 4 nitrogen and oxygen atoms in total. The van der Waals surface area contributed by atoms with Crippen LogP contribution in [0.1, 0.15) is 42.9 Å². The van der Waals surface area contributed by atoms with Crippen LogP contribution in [0.3, 0.4) is 0 Å². The number of ether oxygens (including phenoxy) is 1. The van der Waals surface area contributed by atoms with Gasteiger partial charge in [-0.1, -0.05) is 32.0 Å². The van der Waals surface area contributed by atoms with E-state index >= 15 is 0 Å². The van der Waals surface area contributed by atoms with Gasteiger partial charge in [0.25, 0.3) is 0 Å². The molecule has 2 heterocycles. The molecule has 2 aromatic rings. The number of para-hydroxylation sites is 1. The van der Waals surface area contributed by atoms with Gasteiger partial charge in [0.15, 0.2) is 0 Å². The quantitative estimate of drug-likeness (QED) is 0.933. The Hall–Kier alpha value is -1.81. The maximum Gasteiger partial charge on any atom is 0.124 e. The molecule has 0 bridgehead atoms. The monoisotopic (exact) mass is 271 g/mol. The van der Waals surface area contributed by atoms with Crippen LogP contribution in [0.5, 0.6) is 5.75 Å². The van der Waals surface area contributed by atoms with Crippen LogP contribution in [0.25, 0.3) is 0 Å². The SMILES string of the molecule is CCc1cc(CC)n(C2COc3ccccc3C2N)n1. The number of nitrogens with two attached hydrogens (primary N) is 1. The molecular formula is C16H21N3O. The highest BCUT2D eigenvalue weighted by atomic mass is 16.5. The number of fused-ring (bicyclic) bond motifs is 1. The van der Waals surface area contributed by atoms with Crippen LogP contribution in [0, 0.1) is 0 Å². The number of rotatable bonds is 3. The van der Waals surface area contributed by atoms with Crippen molar-refractivity contribution in [2.75, 3.05) is 6.61 Å². The Balaban J connectivity index is 1.98. The molecule has 0 saturated carbocycles. The van der Waals surface area contributed by atoms with E-state index in [1.807, 2.05) is 24.3 Å². The van der Waals surface area contributed by atoms with Crippen LogP contribution < -0.4 is 10.5 Å². The zero-order valence-electron chi connectivity index (χ0n) is 12.0. The Morgan fingerprint density at radius 2 is 2.10 bits per heavy atom. The summed E-state index contributed by atoms with van der Waals surface area (Å²) in [6.45, 7) is 4.85. The molecule has 2 unspecified atom stereocenters. The molecule has 2 N–H and O–H groups in total. The highest BCUT2D eigenvalue weighted by molar-refractivity contribution is 5.38. The van der Waals surface area contributed by atoms with Crippen molar-refractivity contribution in [3.05, 3.63) is 47.3 Å². The summed E-state index contributed by atoms with van der Waals surface area (Å²) in [5.41, 5.74) is 9.87. The number of benzene rings is 1. The Morgan fingerprint density at radius 3 is 2.85 bits per heavy atom. The summed E-state index contributed by atoms with van der Waals surface area (Å²) >= 11 is 0. The molecule has 106 valence electrons. The lowest BCUT2D eigenvalue weighted by molar-refractivity contribution is 0.184. The molecule has 0 amide bonds. The van der Waals surface area contributed by atoms with Gasteiger partial charge < -0.3 is 10.5 Å². The van der Waals surface area contributed by atoms with Gasteiger partial charge in [0, 0.05) is 11.3 Å². The first-order valence-electron chi connectivity index (χ1n) is 7.29. The second-order valence-corrected chi connectivity index (χ2v) is 5.22. The molecule has 1 aliphatic rings. The highest BCUT2D eigenvalue weighted by Gasteiger charge is 2.31. The van der Waals surface area contributed by atoms with Crippen molar-refractivity contribution in [3.63, 3.8) is 0 Å². The van der Waals surface area contributed by atoms with Crippen molar-refractivity contribution in [1.82, 2.24) is 9.78 Å². The van der Waals surface area contributed by atoms with Crippen LogP contribution >= 0.6 is 0 Å². The van der Waals surface area contributed by atoms with Gasteiger partial charge in [-0.2, -0.15) is 5.10 Å². The minimum Gasteiger partial charge on any atom is -0.491 e. The van der Waals surface area contributed by atoms with Crippen LogP contribution in [-0.2, 0) is 12.8 Å². The molecule has 0 radical (unpaired) electrons. The van der Waals surface area contributed by atoms with Crippen molar-refractivity contribution in [1.29, 1.82) is 0 Å². The first-order chi connectivity index (χ1) is 9.74. The molecule has 0 spiro atoms. The summed E-state index contributed by atoms with van der Waals surface area (Å²) in [5, 5.41) is 4.70. The van der Waals surface area contributed by atoms with Crippen molar-refractivity contribution >= 4 is 0 Å². The van der Waals surface area contributed by atoms with E-state index in [4.69, 9.17) is 15.6 Å². The minimum atomic E-state index is -0.0742. The summed E-state index contributed by atoms with van der Waals surface area (Å²) in [4.78, 5) is 0. The third-order valence-electron chi connectivity index (χ3n) is 4.00. The molecular weight excluding hydrogens is 250 g/mol. The maximum atomic E-state index is 6.46. The summed E-state index contributed by atoms with van der Waals surface area (Å²) in [7, 11) is 0. The largest absolute Gasteiger partial charge is 0.491 e. The average molecular weight is 271 g/mol. The number of aromatic nitrogens is 2. The number of aryl methyl sites for hydroxylation is 2. The molecule has 1 aliphatic heterocycles. The van der Waals surface area contributed by atoms with Crippen LogP contribution in [0.4, 0.5) is 0 Å². The second kappa shape index (κ2) is 5.29. The fourth-order valence-corrected chi connectivity index (χ4v) is 2.81. The molecule has 3 rings (SSSR count). The normalized spacial score (nSPS) is 21.4.